The number of aryl methyl sites for hydroxylation is 2. The predicted molar refractivity (Wildman–Crippen MR) is 93.6 cm³/mol. The summed E-state index contributed by atoms with van der Waals surface area (Å²) in [6, 6.07) is 11.4. The lowest BCUT2D eigenvalue weighted by Crippen LogP contribution is -2.25. The summed E-state index contributed by atoms with van der Waals surface area (Å²) in [7, 11) is 0. The van der Waals surface area contributed by atoms with Crippen molar-refractivity contribution in [1.82, 2.24) is 4.98 Å². The molecule has 2 aromatic rings. The monoisotopic (exact) mass is 319 g/mol. The van der Waals surface area contributed by atoms with E-state index in [4.69, 9.17) is 5.26 Å². The molecule has 0 bridgehead atoms. The number of nitrogens with one attached hydrogen (secondary N) is 1. The minimum Gasteiger partial charge on any atom is -0.324 e. The molecule has 4 heteroatoms. The Balaban J connectivity index is 1.80. The van der Waals surface area contributed by atoms with E-state index in [1.54, 1.807) is 18.3 Å². The number of rotatable bonds is 4. The molecule has 0 saturated carbocycles. The quantitative estimate of drug-likeness (QED) is 0.931. The lowest BCUT2D eigenvalue weighted by Gasteiger charge is -2.21. The van der Waals surface area contributed by atoms with E-state index in [9.17, 15) is 4.79 Å². The van der Waals surface area contributed by atoms with Crippen molar-refractivity contribution in [2.24, 2.45) is 5.92 Å². The summed E-state index contributed by atoms with van der Waals surface area (Å²) in [6.07, 6.45) is 4.95. The fourth-order valence-corrected chi connectivity index (χ4v) is 3.32. The van der Waals surface area contributed by atoms with Crippen LogP contribution >= 0.6 is 0 Å². The minimum atomic E-state index is -0.258. The summed E-state index contributed by atoms with van der Waals surface area (Å²) in [4.78, 5) is 17.3. The van der Waals surface area contributed by atoms with E-state index >= 15 is 0 Å². The van der Waals surface area contributed by atoms with Gasteiger partial charge in [-0.3, -0.25) is 9.78 Å². The molecule has 0 spiro atoms. The third-order valence-corrected chi connectivity index (χ3v) is 4.54. The Morgan fingerprint density at radius 3 is 2.67 bits per heavy atom. The number of hydrogen-bond donors (Lipinski definition) is 1. The molecule has 122 valence electrons. The summed E-state index contributed by atoms with van der Waals surface area (Å²) in [5.41, 5.74) is 4.69. The number of amides is 1. The maximum absolute atomic E-state index is 12.8. The van der Waals surface area contributed by atoms with Crippen LogP contribution in [0.15, 0.2) is 36.5 Å². The topological polar surface area (TPSA) is 65.8 Å². The predicted octanol–water partition coefficient (Wildman–Crippen LogP) is 3.82. The summed E-state index contributed by atoms with van der Waals surface area (Å²) >= 11 is 0. The van der Waals surface area contributed by atoms with Gasteiger partial charge in [-0.05, 0) is 54.5 Å². The second kappa shape index (κ2) is 6.84. The normalized spacial score (nSPS) is 14.1. The van der Waals surface area contributed by atoms with Gasteiger partial charge in [-0.25, -0.2) is 0 Å². The number of aromatic nitrogens is 1. The van der Waals surface area contributed by atoms with Gasteiger partial charge in [0.1, 0.15) is 0 Å². The van der Waals surface area contributed by atoms with E-state index in [2.05, 4.69) is 16.4 Å². The van der Waals surface area contributed by atoms with Crippen molar-refractivity contribution in [2.45, 2.75) is 39.0 Å². The highest BCUT2D eigenvalue weighted by molar-refractivity contribution is 5.96. The van der Waals surface area contributed by atoms with Crippen LogP contribution in [0, 0.1) is 17.2 Å². The average Bonchev–Trinajstić information content (AvgIpc) is 3.03. The Morgan fingerprint density at radius 1 is 1.25 bits per heavy atom. The molecule has 4 nitrogen and oxygen atoms in total. The largest absolute Gasteiger partial charge is 0.324 e. The van der Waals surface area contributed by atoms with Crippen molar-refractivity contribution in [2.75, 3.05) is 5.32 Å². The van der Waals surface area contributed by atoms with Crippen LogP contribution < -0.4 is 5.32 Å². The minimum absolute atomic E-state index is 0.0329. The molecule has 24 heavy (non-hydrogen) atoms. The smallest absolute Gasteiger partial charge is 0.232 e. The molecule has 1 aromatic heterocycles. The molecule has 1 amide bonds. The van der Waals surface area contributed by atoms with Crippen molar-refractivity contribution in [1.29, 1.82) is 5.26 Å². The van der Waals surface area contributed by atoms with Gasteiger partial charge in [0.05, 0.1) is 29.4 Å². The highest BCUT2D eigenvalue weighted by atomic mass is 16.1. The number of carbonyl (C=O) groups is 1. The molecule has 1 N–H and O–H groups in total. The van der Waals surface area contributed by atoms with Gasteiger partial charge in [0.2, 0.25) is 5.91 Å². The molecule has 3 rings (SSSR count). The molecule has 1 atom stereocenters. The Bertz CT molecular complexity index is 788. The van der Waals surface area contributed by atoms with Crippen LogP contribution in [-0.4, -0.2) is 10.9 Å². The van der Waals surface area contributed by atoms with Crippen LogP contribution in [-0.2, 0) is 17.6 Å². The lowest BCUT2D eigenvalue weighted by atomic mass is 9.87. The first-order valence-electron chi connectivity index (χ1n) is 8.37. The van der Waals surface area contributed by atoms with E-state index in [1.807, 2.05) is 32.0 Å². The fraction of sp³-hybridized carbons (Fsp3) is 0.350. The summed E-state index contributed by atoms with van der Waals surface area (Å²) in [5.74, 6) is -0.138. The number of carbonyl (C=O) groups excluding carboxylic acids is 1. The molecule has 0 fully saturated rings. The third-order valence-electron chi connectivity index (χ3n) is 4.54. The zero-order chi connectivity index (χ0) is 17.1. The number of fused-ring (bicyclic) bond motifs is 1. The first-order valence-corrected chi connectivity index (χ1v) is 8.37. The molecule has 0 saturated heterocycles. The molecule has 1 aliphatic rings. The molecule has 0 radical (unpaired) electrons. The first-order chi connectivity index (χ1) is 11.6. The van der Waals surface area contributed by atoms with Crippen LogP contribution in [0.3, 0.4) is 0 Å². The number of nitriles is 1. The molecule has 1 heterocycles. The van der Waals surface area contributed by atoms with E-state index < -0.39 is 0 Å². The third kappa shape index (κ3) is 3.30. The van der Waals surface area contributed by atoms with Crippen molar-refractivity contribution >= 4 is 11.6 Å². The molecular weight excluding hydrogens is 298 g/mol. The number of anilines is 1. The summed E-state index contributed by atoms with van der Waals surface area (Å²) in [6.45, 7) is 4.06. The standard InChI is InChI=1S/C20H21N3O/c1-13(2)19(15-8-6-14(11-21)7-9-15)20(24)23-17-10-16-4-3-5-18(16)22-12-17/h6-10,12-13,19H,3-5H2,1-2H3,(H,23,24). The Labute approximate surface area is 142 Å². The van der Waals surface area contributed by atoms with Crippen molar-refractivity contribution in [3.05, 3.63) is 58.9 Å². The highest BCUT2D eigenvalue weighted by Crippen LogP contribution is 2.28. The number of hydrogen-bond acceptors (Lipinski definition) is 3. The molecule has 1 unspecified atom stereocenters. The van der Waals surface area contributed by atoms with Gasteiger partial charge in [0.15, 0.2) is 0 Å². The zero-order valence-electron chi connectivity index (χ0n) is 14.0. The Morgan fingerprint density at radius 2 is 2.00 bits per heavy atom. The first kappa shape index (κ1) is 16.2. The van der Waals surface area contributed by atoms with E-state index in [-0.39, 0.29) is 17.7 Å². The highest BCUT2D eigenvalue weighted by Gasteiger charge is 2.25. The molecule has 0 aliphatic heterocycles. The zero-order valence-corrected chi connectivity index (χ0v) is 14.0. The molecule has 1 aromatic carbocycles. The maximum atomic E-state index is 12.8. The SMILES string of the molecule is CC(C)C(C(=O)Nc1cnc2c(c1)CCC2)c1ccc(C#N)cc1. The van der Waals surface area contributed by atoms with Crippen molar-refractivity contribution < 1.29 is 4.79 Å². The number of nitrogens with zero attached hydrogens (tertiary/aromatic N) is 2. The van der Waals surface area contributed by atoms with Gasteiger partial charge in [-0.15, -0.1) is 0 Å². The van der Waals surface area contributed by atoms with E-state index in [1.165, 1.54) is 5.56 Å². The van der Waals surface area contributed by atoms with Gasteiger partial charge < -0.3 is 5.32 Å². The van der Waals surface area contributed by atoms with Crippen LogP contribution in [0.2, 0.25) is 0 Å². The van der Waals surface area contributed by atoms with Gasteiger partial charge >= 0.3 is 0 Å². The Hall–Kier alpha value is -2.67. The second-order valence-corrected chi connectivity index (χ2v) is 6.63. The fourth-order valence-electron chi connectivity index (χ4n) is 3.32. The maximum Gasteiger partial charge on any atom is 0.232 e. The Kier molecular flexibility index (Phi) is 4.61. The molecule has 1 aliphatic carbocycles. The van der Waals surface area contributed by atoms with Gasteiger partial charge in [-0.2, -0.15) is 5.26 Å². The van der Waals surface area contributed by atoms with Crippen LogP contribution in [0.1, 0.15) is 48.6 Å². The summed E-state index contributed by atoms with van der Waals surface area (Å²) in [5, 5.41) is 11.9. The lowest BCUT2D eigenvalue weighted by molar-refractivity contribution is -0.118. The van der Waals surface area contributed by atoms with Crippen molar-refractivity contribution in [3.8, 4) is 6.07 Å². The number of benzene rings is 1. The van der Waals surface area contributed by atoms with Crippen LogP contribution in [0.4, 0.5) is 5.69 Å². The van der Waals surface area contributed by atoms with Gasteiger partial charge in [0.25, 0.3) is 0 Å². The van der Waals surface area contributed by atoms with Crippen molar-refractivity contribution in [3.63, 3.8) is 0 Å². The second-order valence-electron chi connectivity index (χ2n) is 6.63. The van der Waals surface area contributed by atoms with Crippen LogP contribution in [0.5, 0.6) is 0 Å². The van der Waals surface area contributed by atoms with E-state index in [0.29, 0.717) is 5.56 Å². The average molecular weight is 319 g/mol. The molecular formula is C20H21N3O. The summed E-state index contributed by atoms with van der Waals surface area (Å²) < 4.78 is 0. The van der Waals surface area contributed by atoms with Gasteiger partial charge in [-0.1, -0.05) is 26.0 Å². The van der Waals surface area contributed by atoms with Crippen LogP contribution in [0.25, 0.3) is 0 Å². The number of pyridine rings is 1. The van der Waals surface area contributed by atoms with Gasteiger partial charge in [0, 0.05) is 5.69 Å². The van der Waals surface area contributed by atoms with E-state index in [0.717, 1.165) is 36.2 Å².